The van der Waals surface area contributed by atoms with Gasteiger partial charge in [0.2, 0.25) is 0 Å². The van der Waals surface area contributed by atoms with Crippen LogP contribution in [0.4, 0.5) is 30.5 Å². The van der Waals surface area contributed by atoms with Crippen LogP contribution in [0.25, 0.3) is 4.85 Å². The third-order valence-corrected chi connectivity index (χ3v) is 8.89. The maximum Gasteiger partial charge on any atom is 0.415 e. The summed E-state index contributed by atoms with van der Waals surface area (Å²) in [7, 11) is 1.64. The first-order chi connectivity index (χ1) is 21.0. The number of aryl methyl sites for hydroxylation is 3. The lowest BCUT2D eigenvalue weighted by Gasteiger charge is -2.35. The van der Waals surface area contributed by atoms with Crippen LogP contribution in [0.2, 0.25) is 0 Å². The molecule has 3 aromatic rings. The molecule has 0 atom stereocenters. The summed E-state index contributed by atoms with van der Waals surface area (Å²) >= 11 is 0. The highest BCUT2D eigenvalue weighted by Crippen LogP contribution is 2.36. The van der Waals surface area contributed by atoms with Crippen molar-refractivity contribution < 1.29 is 23.1 Å². The second-order valence-corrected chi connectivity index (χ2v) is 12.0. The van der Waals surface area contributed by atoms with Gasteiger partial charge in [-0.05, 0) is 110 Å². The van der Waals surface area contributed by atoms with E-state index in [4.69, 9.17) is 6.57 Å². The molecule has 0 aliphatic heterocycles. The van der Waals surface area contributed by atoms with Crippen molar-refractivity contribution in [1.29, 1.82) is 0 Å². The molecule has 0 unspecified atom stereocenters. The largest absolute Gasteiger partial charge is 0.481 e. The molecule has 2 aliphatic rings. The number of alkyl halides is 3. The maximum absolute atomic E-state index is 13.7. The Morgan fingerprint density at radius 3 is 2.34 bits per heavy atom. The zero-order valence-corrected chi connectivity index (χ0v) is 25.1. The number of nitrogens with zero attached hydrogens (tertiary/aromatic N) is 7. The van der Waals surface area contributed by atoms with E-state index >= 15 is 0 Å². The molecule has 1 fully saturated rings. The van der Waals surface area contributed by atoms with Crippen molar-refractivity contribution >= 4 is 23.3 Å². The van der Waals surface area contributed by atoms with E-state index in [1.807, 2.05) is 4.90 Å². The lowest BCUT2D eigenvalue weighted by atomic mass is 9.81. The summed E-state index contributed by atoms with van der Waals surface area (Å²) in [6.07, 6.45) is 2.73. The van der Waals surface area contributed by atoms with Crippen LogP contribution in [0.3, 0.4) is 0 Å². The number of anilines is 2. The number of hydrogen-bond acceptors (Lipinski definition) is 6. The first-order valence-corrected chi connectivity index (χ1v) is 15.2. The zero-order chi connectivity index (χ0) is 31.4. The van der Waals surface area contributed by atoms with Crippen LogP contribution < -0.4 is 9.80 Å². The number of tetrazole rings is 1. The molecule has 1 N–H and O–H groups in total. The maximum atomic E-state index is 13.7. The highest BCUT2D eigenvalue weighted by atomic mass is 19.4. The van der Waals surface area contributed by atoms with Crippen LogP contribution >= 0.6 is 0 Å². The zero-order valence-electron chi connectivity index (χ0n) is 25.1. The van der Waals surface area contributed by atoms with Gasteiger partial charge in [0.15, 0.2) is 5.69 Å². The standard InChI is InChI=1S/C32H38F3N7O2/c1-4-41(18-21-9-11-23(12-10-21)30(43)44)29-16-25-8-6-5-7-24(25)15-26(29)20-42(31-37-39-40(3)38-31)19-22-13-27(32(33,34)35)17-28(14-22)36-2/h13-17,21,23H,4-12,18-20H2,1,3H3,(H,43,44). The first-order valence-electron chi connectivity index (χ1n) is 15.2. The topological polar surface area (TPSA) is 91.7 Å². The second kappa shape index (κ2) is 13.2. The first kappa shape index (κ1) is 31.3. The van der Waals surface area contributed by atoms with Gasteiger partial charge in [-0.1, -0.05) is 17.2 Å². The second-order valence-electron chi connectivity index (χ2n) is 12.0. The van der Waals surface area contributed by atoms with Crippen molar-refractivity contribution in [2.45, 2.75) is 77.6 Å². The van der Waals surface area contributed by atoms with Gasteiger partial charge >= 0.3 is 12.1 Å². The van der Waals surface area contributed by atoms with E-state index in [1.165, 1.54) is 22.0 Å². The lowest BCUT2D eigenvalue weighted by molar-refractivity contribution is -0.143. The van der Waals surface area contributed by atoms with E-state index in [9.17, 15) is 23.1 Å². The Morgan fingerprint density at radius 1 is 1.05 bits per heavy atom. The number of hydrogen-bond donors (Lipinski definition) is 1. The molecule has 2 aromatic carbocycles. The molecule has 9 nitrogen and oxygen atoms in total. The molecule has 0 radical (unpaired) electrons. The van der Waals surface area contributed by atoms with Crippen LogP contribution in [0.5, 0.6) is 0 Å². The molecule has 0 amide bonds. The molecule has 234 valence electrons. The average Bonchev–Trinajstić information content (AvgIpc) is 3.45. The Bertz CT molecular complexity index is 1520. The van der Waals surface area contributed by atoms with E-state index < -0.39 is 17.7 Å². The van der Waals surface area contributed by atoms with Crippen molar-refractivity contribution in [1.82, 2.24) is 20.2 Å². The predicted octanol–water partition coefficient (Wildman–Crippen LogP) is 6.58. The SMILES string of the molecule is [C-]#[N+]c1cc(CN(Cc2cc3c(cc2N(CC)CC2CCC(C(=O)O)CC2)CCCC3)c2nnn(C)n2)cc(C(F)(F)F)c1. The number of aromatic nitrogens is 4. The molecular weight excluding hydrogens is 571 g/mol. The van der Waals surface area contributed by atoms with Gasteiger partial charge in [0.25, 0.3) is 5.95 Å². The smallest absolute Gasteiger partial charge is 0.415 e. The minimum Gasteiger partial charge on any atom is -0.481 e. The molecule has 44 heavy (non-hydrogen) atoms. The van der Waals surface area contributed by atoms with E-state index in [1.54, 1.807) is 7.05 Å². The summed E-state index contributed by atoms with van der Waals surface area (Å²) in [5, 5.41) is 22.0. The van der Waals surface area contributed by atoms with Crippen LogP contribution in [0.1, 0.15) is 73.3 Å². The van der Waals surface area contributed by atoms with Crippen LogP contribution in [0.15, 0.2) is 30.3 Å². The van der Waals surface area contributed by atoms with Gasteiger partial charge in [0, 0.05) is 37.4 Å². The Balaban J connectivity index is 1.49. The molecule has 1 saturated carbocycles. The summed E-state index contributed by atoms with van der Waals surface area (Å²) in [5.41, 5.74) is 4.11. The molecule has 0 saturated heterocycles. The number of rotatable bonds is 10. The van der Waals surface area contributed by atoms with E-state index in [0.29, 0.717) is 30.9 Å². The number of aliphatic carboxylic acids is 1. The predicted molar refractivity (Wildman–Crippen MR) is 160 cm³/mol. The van der Waals surface area contributed by atoms with Gasteiger partial charge in [-0.2, -0.15) is 18.0 Å². The number of benzene rings is 2. The van der Waals surface area contributed by atoms with Gasteiger partial charge in [-0.25, -0.2) is 4.85 Å². The molecule has 0 spiro atoms. The monoisotopic (exact) mass is 609 g/mol. The third kappa shape index (κ3) is 7.31. The Hall–Kier alpha value is -4.14. The molecule has 1 aromatic heterocycles. The summed E-state index contributed by atoms with van der Waals surface area (Å²) in [6.45, 7) is 11.4. The van der Waals surface area contributed by atoms with Crippen molar-refractivity contribution in [2.75, 3.05) is 22.9 Å². The van der Waals surface area contributed by atoms with Crippen molar-refractivity contribution in [3.8, 4) is 0 Å². The van der Waals surface area contributed by atoms with Gasteiger partial charge in [0.05, 0.1) is 19.5 Å². The molecule has 2 aliphatic carbocycles. The van der Waals surface area contributed by atoms with E-state index in [-0.39, 0.29) is 24.1 Å². The van der Waals surface area contributed by atoms with Gasteiger partial charge in [0.1, 0.15) is 0 Å². The molecule has 5 rings (SSSR count). The fraction of sp³-hybridized carbons (Fsp3) is 0.531. The van der Waals surface area contributed by atoms with E-state index in [0.717, 1.165) is 75.0 Å². The third-order valence-electron chi connectivity index (χ3n) is 8.89. The Labute approximate surface area is 255 Å². The lowest BCUT2D eigenvalue weighted by Crippen LogP contribution is -2.34. The van der Waals surface area contributed by atoms with Crippen molar-refractivity contribution in [3.05, 3.63) is 69.6 Å². The summed E-state index contributed by atoms with van der Waals surface area (Å²) < 4.78 is 41.1. The quantitative estimate of drug-likeness (QED) is 0.260. The molecule has 1 heterocycles. The fourth-order valence-corrected chi connectivity index (χ4v) is 6.56. The number of carboxylic acid groups (broad SMARTS) is 1. The Morgan fingerprint density at radius 2 is 1.75 bits per heavy atom. The van der Waals surface area contributed by atoms with Gasteiger partial charge in [-0.3, -0.25) is 4.79 Å². The van der Waals surface area contributed by atoms with Crippen LogP contribution in [0, 0.1) is 18.4 Å². The number of fused-ring (bicyclic) bond motifs is 1. The highest BCUT2D eigenvalue weighted by Gasteiger charge is 2.32. The van der Waals surface area contributed by atoms with E-state index in [2.05, 4.69) is 44.2 Å². The normalized spacial score (nSPS) is 18.4. The van der Waals surface area contributed by atoms with Crippen molar-refractivity contribution in [3.63, 3.8) is 0 Å². The van der Waals surface area contributed by atoms with Crippen LogP contribution in [-0.4, -0.2) is 44.4 Å². The molecular formula is C32H38F3N7O2. The molecule has 12 heteroatoms. The minimum atomic E-state index is -4.58. The minimum absolute atomic E-state index is 0.0555. The van der Waals surface area contributed by atoms with Gasteiger partial charge in [-0.15, -0.1) is 5.10 Å². The van der Waals surface area contributed by atoms with Crippen molar-refractivity contribution in [2.24, 2.45) is 18.9 Å². The molecule has 0 bridgehead atoms. The summed E-state index contributed by atoms with van der Waals surface area (Å²) in [4.78, 5) is 20.3. The highest BCUT2D eigenvalue weighted by molar-refractivity contribution is 5.70. The summed E-state index contributed by atoms with van der Waals surface area (Å²) in [5.74, 6) is -0.319. The average molecular weight is 610 g/mol. The number of carboxylic acids is 1. The fourth-order valence-electron chi connectivity index (χ4n) is 6.56. The summed E-state index contributed by atoms with van der Waals surface area (Å²) in [6, 6.07) is 7.93. The number of halogens is 3. The van der Waals surface area contributed by atoms with Crippen LogP contribution in [-0.2, 0) is 43.9 Å². The number of carbonyl (C=O) groups is 1. The Kier molecular flexibility index (Phi) is 9.42. The van der Waals surface area contributed by atoms with Gasteiger partial charge < -0.3 is 14.9 Å².